The summed E-state index contributed by atoms with van der Waals surface area (Å²) in [6, 6.07) is 9.35. The predicted octanol–water partition coefficient (Wildman–Crippen LogP) is 1.54. The lowest BCUT2D eigenvalue weighted by molar-refractivity contribution is -0.142. The lowest BCUT2D eigenvalue weighted by Crippen LogP contribution is -2.59. The molecule has 3 amide bonds. The van der Waals surface area contributed by atoms with E-state index in [4.69, 9.17) is 5.73 Å². The van der Waals surface area contributed by atoms with Gasteiger partial charge < -0.3 is 41.9 Å². The summed E-state index contributed by atoms with van der Waals surface area (Å²) < 4.78 is 0. The van der Waals surface area contributed by atoms with E-state index in [-0.39, 0.29) is 30.9 Å². The molecule has 2 aromatic carbocycles. The van der Waals surface area contributed by atoms with Crippen LogP contribution >= 0.6 is 0 Å². The summed E-state index contributed by atoms with van der Waals surface area (Å²) in [5.41, 5.74) is 9.01. The van der Waals surface area contributed by atoms with E-state index in [1.807, 2.05) is 31.2 Å². The summed E-state index contributed by atoms with van der Waals surface area (Å²) in [6.45, 7) is 3.67. The standard InChI is InChI=1S/C32H39N7O6/c1-3-18(2)28(39-29(41)24(33)12-19-8-10-22(40)11-9-19)31(43)37-26(13-20-15-35-25-7-5-4-6-23(20)25)30(42)38-27(32(44)45)14-21-16-34-17-36-21/h4-11,15-18,24,26-28,35,40H,3,12-14,33H2,1-2H3,(H,34,36)(H,37,43)(H,38,42)(H,39,41)(H,44,45). The van der Waals surface area contributed by atoms with Gasteiger partial charge in [-0.1, -0.05) is 50.6 Å². The maximum Gasteiger partial charge on any atom is 0.326 e. The van der Waals surface area contributed by atoms with Crippen molar-refractivity contribution < 1.29 is 29.4 Å². The fraction of sp³-hybridized carbons (Fsp3) is 0.344. The van der Waals surface area contributed by atoms with Crippen LogP contribution in [0, 0.1) is 5.92 Å². The molecule has 0 fully saturated rings. The molecule has 5 unspecified atom stereocenters. The summed E-state index contributed by atoms with van der Waals surface area (Å²) in [4.78, 5) is 62.5. The lowest BCUT2D eigenvalue weighted by Gasteiger charge is -2.28. The Bertz CT molecular complexity index is 1600. The molecule has 0 aliphatic heterocycles. The highest BCUT2D eigenvalue weighted by molar-refractivity contribution is 5.95. The average molecular weight is 618 g/mol. The summed E-state index contributed by atoms with van der Waals surface area (Å²) >= 11 is 0. The van der Waals surface area contributed by atoms with E-state index in [2.05, 4.69) is 30.9 Å². The molecular weight excluding hydrogens is 578 g/mol. The van der Waals surface area contributed by atoms with Crippen LogP contribution < -0.4 is 21.7 Å². The van der Waals surface area contributed by atoms with Gasteiger partial charge in [-0.15, -0.1) is 0 Å². The number of carbonyl (C=O) groups is 4. The molecule has 4 aromatic rings. The van der Waals surface area contributed by atoms with Gasteiger partial charge in [0.15, 0.2) is 0 Å². The monoisotopic (exact) mass is 617 g/mol. The number of para-hydroxylation sites is 1. The first-order chi connectivity index (χ1) is 21.5. The van der Waals surface area contributed by atoms with Crippen LogP contribution in [0.5, 0.6) is 5.75 Å². The largest absolute Gasteiger partial charge is 0.508 e. The van der Waals surface area contributed by atoms with Gasteiger partial charge in [0.25, 0.3) is 0 Å². The van der Waals surface area contributed by atoms with E-state index in [9.17, 15) is 29.4 Å². The molecule has 238 valence electrons. The molecule has 0 saturated carbocycles. The van der Waals surface area contributed by atoms with Gasteiger partial charge in [0, 0.05) is 41.8 Å². The molecule has 2 aromatic heterocycles. The van der Waals surface area contributed by atoms with E-state index in [1.165, 1.54) is 24.7 Å². The molecule has 4 rings (SSSR count). The molecule has 0 aliphatic rings. The maximum absolute atomic E-state index is 13.8. The minimum Gasteiger partial charge on any atom is -0.508 e. The van der Waals surface area contributed by atoms with Crippen molar-refractivity contribution in [2.45, 2.75) is 63.7 Å². The molecular formula is C32H39N7O6. The molecule has 9 N–H and O–H groups in total. The van der Waals surface area contributed by atoms with Crippen LogP contribution in [-0.2, 0) is 38.4 Å². The third kappa shape index (κ3) is 8.70. The Labute approximate surface area is 260 Å². The highest BCUT2D eigenvalue weighted by Gasteiger charge is 2.33. The number of rotatable bonds is 15. The topological polar surface area (TPSA) is 215 Å². The number of benzene rings is 2. The van der Waals surface area contributed by atoms with Crippen molar-refractivity contribution in [3.63, 3.8) is 0 Å². The summed E-state index contributed by atoms with van der Waals surface area (Å²) in [5.74, 6) is -3.32. The highest BCUT2D eigenvalue weighted by atomic mass is 16.4. The maximum atomic E-state index is 13.8. The number of hydrogen-bond donors (Lipinski definition) is 8. The number of carboxylic acids is 1. The number of aromatic hydroxyl groups is 1. The van der Waals surface area contributed by atoms with Crippen LogP contribution in [0.2, 0.25) is 0 Å². The molecule has 13 nitrogen and oxygen atoms in total. The zero-order valence-corrected chi connectivity index (χ0v) is 25.1. The van der Waals surface area contributed by atoms with Crippen LogP contribution in [-0.4, -0.2) is 73.0 Å². The first-order valence-electron chi connectivity index (χ1n) is 14.7. The van der Waals surface area contributed by atoms with Gasteiger partial charge in [0.2, 0.25) is 17.7 Å². The van der Waals surface area contributed by atoms with Crippen molar-refractivity contribution >= 4 is 34.6 Å². The van der Waals surface area contributed by atoms with Crippen LogP contribution in [0.4, 0.5) is 0 Å². The number of aromatic nitrogens is 3. The first-order valence-corrected chi connectivity index (χ1v) is 14.7. The SMILES string of the molecule is CCC(C)C(NC(=O)C(N)Cc1ccc(O)cc1)C(=O)NC(Cc1c[nH]c2ccccc12)C(=O)NC(Cc1cnc[nH]1)C(=O)O. The molecule has 0 bridgehead atoms. The number of H-pyrrole nitrogens is 2. The van der Waals surface area contributed by atoms with Crippen LogP contribution in [0.1, 0.15) is 37.1 Å². The van der Waals surface area contributed by atoms with E-state index >= 15 is 0 Å². The summed E-state index contributed by atoms with van der Waals surface area (Å²) in [7, 11) is 0. The third-order valence-electron chi connectivity index (χ3n) is 7.85. The predicted molar refractivity (Wildman–Crippen MR) is 167 cm³/mol. The van der Waals surface area contributed by atoms with Gasteiger partial charge in [-0.05, 0) is 41.7 Å². The van der Waals surface area contributed by atoms with Crippen molar-refractivity contribution in [3.05, 3.63) is 84.1 Å². The third-order valence-corrected chi connectivity index (χ3v) is 7.85. The van der Waals surface area contributed by atoms with Crippen LogP contribution in [0.25, 0.3) is 10.9 Å². The Kier molecular flexibility index (Phi) is 10.9. The average Bonchev–Trinajstić information content (AvgIpc) is 3.69. The number of phenols is 1. The second-order valence-electron chi connectivity index (χ2n) is 11.2. The zero-order chi connectivity index (χ0) is 32.5. The number of nitrogens with zero attached hydrogens (tertiary/aromatic N) is 1. The van der Waals surface area contributed by atoms with Gasteiger partial charge in [-0.25, -0.2) is 9.78 Å². The molecule has 45 heavy (non-hydrogen) atoms. The molecule has 0 aliphatic carbocycles. The Morgan fingerprint density at radius 3 is 2.27 bits per heavy atom. The number of aliphatic carboxylic acids is 1. The number of carboxylic acid groups (broad SMARTS) is 1. The number of imidazole rings is 1. The van der Waals surface area contributed by atoms with E-state index in [0.29, 0.717) is 12.1 Å². The number of amides is 3. The van der Waals surface area contributed by atoms with Crippen molar-refractivity contribution in [2.75, 3.05) is 0 Å². The minimum atomic E-state index is -1.29. The van der Waals surface area contributed by atoms with Crippen molar-refractivity contribution in [3.8, 4) is 5.75 Å². The summed E-state index contributed by atoms with van der Waals surface area (Å²) in [6.07, 6.45) is 5.36. The Hall–Kier alpha value is -5.17. The summed E-state index contributed by atoms with van der Waals surface area (Å²) in [5, 5.41) is 28.3. The van der Waals surface area contributed by atoms with Crippen LogP contribution in [0.3, 0.4) is 0 Å². The Morgan fingerprint density at radius 2 is 1.60 bits per heavy atom. The van der Waals surface area contributed by atoms with Gasteiger partial charge in [-0.3, -0.25) is 14.4 Å². The van der Waals surface area contributed by atoms with Gasteiger partial charge in [-0.2, -0.15) is 0 Å². The number of phenolic OH excluding ortho intramolecular Hbond substituents is 1. The fourth-order valence-electron chi connectivity index (χ4n) is 5.02. The molecule has 0 saturated heterocycles. The van der Waals surface area contributed by atoms with Crippen LogP contribution in [0.15, 0.2) is 67.3 Å². The molecule has 0 spiro atoms. The Balaban J connectivity index is 1.54. The fourth-order valence-corrected chi connectivity index (χ4v) is 5.02. The number of nitrogens with two attached hydrogens (primary N) is 1. The van der Waals surface area contributed by atoms with Crippen molar-refractivity contribution in [1.82, 2.24) is 30.9 Å². The number of nitrogens with one attached hydrogen (secondary N) is 5. The van der Waals surface area contributed by atoms with Crippen molar-refractivity contribution in [2.24, 2.45) is 11.7 Å². The highest BCUT2D eigenvalue weighted by Crippen LogP contribution is 2.20. The van der Waals surface area contributed by atoms with Gasteiger partial charge in [0.1, 0.15) is 23.9 Å². The zero-order valence-electron chi connectivity index (χ0n) is 25.1. The normalized spacial score (nSPS) is 14.6. The van der Waals surface area contributed by atoms with E-state index < -0.39 is 47.9 Å². The second-order valence-corrected chi connectivity index (χ2v) is 11.2. The number of hydrogen-bond acceptors (Lipinski definition) is 7. The number of carbonyl (C=O) groups excluding carboxylic acids is 3. The van der Waals surface area contributed by atoms with Gasteiger partial charge in [0.05, 0.1) is 12.4 Å². The molecule has 5 atom stereocenters. The quantitative estimate of drug-likeness (QED) is 0.0977. The van der Waals surface area contributed by atoms with E-state index in [0.717, 1.165) is 22.0 Å². The molecule has 13 heteroatoms. The lowest BCUT2D eigenvalue weighted by atomic mass is 9.96. The molecule has 2 heterocycles. The Morgan fingerprint density at radius 1 is 0.889 bits per heavy atom. The first kappa shape index (κ1) is 32.7. The molecule has 0 radical (unpaired) electrons. The van der Waals surface area contributed by atoms with E-state index in [1.54, 1.807) is 25.3 Å². The smallest absolute Gasteiger partial charge is 0.326 e. The van der Waals surface area contributed by atoms with Gasteiger partial charge >= 0.3 is 5.97 Å². The van der Waals surface area contributed by atoms with Crippen molar-refractivity contribution in [1.29, 1.82) is 0 Å². The minimum absolute atomic E-state index is 0.0424. The number of aromatic amines is 2. The number of fused-ring (bicyclic) bond motifs is 1. The second kappa shape index (κ2) is 15.0.